The van der Waals surface area contributed by atoms with Crippen LogP contribution in [-0.2, 0) is 9.53 Å². The lowest BCUT2D eigenvalue weighted by molar-refractivity contribution is -0.137. The van der Waals surface area contributed by atoms with Crippen LogP contribution in [-0.4, -0.2) is 28.5 Å². The van der Waals surface area contributed by atoms with Crippen molar-refractivity contribution in [1.82, 2.24) is 9.97 Å². The van der Waals surface area contributed by atoms with Crippen molar-refractivity contribution in [2.75, 3.05) is 11.9 Å². The van der Waals surface area contributed by atoms with Crippen molar-refractivity contribution in [2.24, 2.45) is 0 Å². The molecule has 6 nitrogen and oxygen atoms in total. The molecule has 1 aromatic heterocycles. The van der Waals surface area contributed by atoms with Crippen LogP contribution in [0, 0.1) is 0 Å². The molecular weight excluding hydrogens is 354 g/mol. The van der Waals surface area contributed by atoms with Crippen LogP contribution < -0.4 is 5.32 Å². The van der Waals surface area contributed by atoms with E-state index in [1.54, 1.807) is 37.3 Å². The normalized spacial score (nSPS) is 10.6. The molecule has 0 aliphatic heterocycles. The van der Waals surface area contributed by atoms with E-state index in [0.717, 1.165) is 11.1 Å². The van der Waals surface area contributed by atoms with Crippen LogP contribution in [0.25, 0.3) is 17.5 Å². The summed E-state index contributed by atoms with van der Waals surface area (Å²) in [7, 11) is 0. The van der Waals surface area contributed by atoms with Crippen LogP contribution in [0.15, 0.2) is 73.1 Å². The summed E-state index contributed by atoms with van der Waals surface area (Å²) in [6.45, 7) is 2.09. The lowest BCUT2D eigenvalue weighted by Crippen LogP contribution is -2.12. The number of amides is 1. The molecule has 3 rings (SSSR count). The molecule has 0 unspecified atom stereocenters. The Morgan fingerprint density at radius 1 is 1.00 bits per heavy atom. The molecule has 0 atom stereocenters. The summed E-state index contributed by atoms with van der Waals surface area (Å²) in [5, 5.41) is 2.80. The van der Waals surface area contributed by atoms with Gasteiger partial charge in [0.1, 0.15) is 0 Å². The zero-order valence-electron chi connectivity index (χ0n) is 15.3. The van der Waals surface area contributed by atoms with Gasteiger partial charge in [-0.3, -0.25) is 4.79 Å². The molecule has 0 saturated heterocycles. The standard InChI is InChI=1S/C22H19N3O3/c1-2-28-20(26)13-10-16-8-11-19(12-9-16)25-22(27)18-14-23-21(24-15-18)17-6-4-3-5-7-17/h3-15H,2H2,1H3,(H,25,27)/b13-10+. The number of aromatic nitrogens is 2. The van der Waals surface area contributed by atoms with Gasteiger partial charge in [-0.05, 0) is 30.7 Å². The fraction of sp³-hybridized carbons (Fsp3) is 0.0909. The van der Waals surface area contributed by atoms with Gasteiger partial charge in [-0.2, -0.15) is 0 Å². The Morgan fingerprint density at radius 3 is 2.32 bits per heavy atom. The average Bonchev–Trinajstić information content (AvgIpc) is 2.74. The number of rotatable bonds is 6. The highest BCUT2D eigenvalue weighted by atomic mass is 16.5. The SMILES string of the molecule is CCOC(=O)/C=C/c1ccc(NC(=O)c2cnc(-c3ccccc3)nc2)cc1. The van der Waals surface area contributed by atoms with Gasteiger partial charge in [0.25, 0.3) is 5.91 Å². The Hall–Kier alpha value is -3.80. The van der Waals surface area contributed by atoms with Crippen molar-refractivity contribution < 1.29 is 14.3 Å². The maximum Gasteiger partial charge on any atom is 0.330 e. The maximum absolute atomic E-state index is 12.4. The molecule has 140 valence electrons. The molecule has 0 spiro atoms. The largest absolute Gasteiger partial charge is 0.463 e. The Balaban J connectivity index is 1.62. The molecule has 3 aromatic rings. The molecule has 6 heteroatoms. The van der Waals surface area contributed by atoms with Gasteiger partial charge in [0, 0.05) is 29.7 Å². The first-order chi connectivity index (χ1) is 13.7. The van der Waals surface area contributed by atoms with Crippen molar-refractivity contribution in [3.05, 3.63) is 84.2 Å². The molecular formula is C22H19N3O3. The molecule has 0 bridgehead atoms. The molecule has 1 heterocycles. The summed E-state index contributed by atoms with van der Waals surface area (Å²) in [4.78, 5) is 32.2. The van der Waals surface area contributed by atoms with Crippen LogP contribution in [0.3, 0.4) is 0 Å². The van der Waals surface area contributed by atoms with E-state index >= 15 is 0 Å². The van der Waals surface area contributed by atoms with Crippen LogP contribution in [0.4, 0.5) is 5.69 Å². The Kier molecular flexibility index (Phi) is 6.25. The number of esters is 1. The summed E-state index contributed by atoms with van der Waals surface area (Å²) in [5.41, 5.74) is 2.71. The minimum Gasteiger partial charge on any atom is -0.463 e. The van der Waals surface area contributed by atoms with E-state index in [-0.39, 0.29) is 11.9 Å². The summed E-state index contributed by atoms with van der Waals surface area (Å²) in [5.74, 6) is -0.122. The van der Waals surface area contributed by atoms with Gasteiger partial charge < -0.3 is 10.1 Å². The Bertz CT molecular complexity index is 966. The molecule has 1 amide bonds. The molecule has 28 heavy (non-hydrogen) atoms. The molecule has 0 radical (unpaired) electrons. The highest BCUT2D eigenvalue weighted by Gasteiger charge is 2.08. The van der Waals surface area contributed by atoms with Crippen LogP contribution in [0.1, 0.15) is 22.8 Å². The molecule has 2 aromatic carbocycles. The first kappa shape index (κ1) is 19.0. The highest BCUT2D eigenvalue weighted by molar-refractivity contribution is 6.04. The number of hydrogen-bond acceptors (Lipinski definition) is 5. The maximum atomic E-state index is 12.4. The number of nitrogens with one attached hydrogen (secondary N) is 1. The molecule has 0 aliphatic carbocycles. The predicted molar refractivity (Wildman–Crippen MR) is 108 cm³/mol. The number of carbonyl (C=O) groups excluding carboxylic acids is 2. The van der Waals surface area contributed by atoms with Crippen LogP contribution in [0.5, 0.6) is 0 Å². The smallest absolute Gasteiger partial charge is 0.330 e. The Morgan fingerprint density at radius 2 is 1.68 bits per heavy atom. The summed E-state index contributed by atoms with van der Waals surface area (Å²) in [6.07, 6.45) is 6.02. The monoisotopic (exact) mass is 373 g/mol. The number of anilines is 1. The van der Waals surface area contributed by atoms with Gasteiger partial charge in [0.05, 0.1) is 12.2 Å². The molecule has 0 fully saturated rings. The fourth-order valence-electron chi connectivity index (χ4n) is 2.42. The highest BCUT2D eigenvalue weighted by Crippen LogP contribution is 2.15. The van der Waals surface area contributed by atoms with Gasteiger partial charge in [-0.15, -0.1) is 0 Å². The van der Waals surface area contributed by atoms with Crippen molar-refractivity contribution in [3.8, 4) is 11.4 Å². The second-order valence-electron chi connectivity index (χ2n) is 5.82. The second kappa shape index (κ2) is 9.23. The Labute approximate surface area is 162 Å². The topological polar surface area (TPSA) is 81.2 Å². The van der Waals surface area contributed by atoms with E-state index < -0.39 is 0 Å². The number of nitrogens with zero attached hydrogens (tertiary/aromatic N) is 2. The van der Waals surface area contributed by atoms with E-state index in [4.69, 9.17) is 4.74 Å². The first-order valence-electron chi connectivity index (χ1n) is 8.79. The van der Waals surface area contributed by atoms with Gasteiger partial charge in [0.2, 0.25) is 0 Å². The second-order valence-corrected chi connectivity index (χ2v) is 5.82. The minimum absolute atomic E-state index is 0.297. The third kappa shape index (κ3) is 5.11. The van der Waals surface area contributed by atoms with Crippen LogP contribution >= 0.6 is 0 Å². The van der Waals surface area contributed by atoms with E-state index in [0.29, 0.717) is 23.7 Å². The van der Waals surface area contributed by atoms with Crippen molar-refractivity contribution >= 4 is 23.6 Å². The van der Waals surface area contributed by atoms with Gasteiger partial charge >= 0.3 is 5.97 Å². The number of hydrogen-bond donors (Lipinski definition) is 1. The predicted octanol–water partition coefficient (Wildman–Crippen LogP) is 3.97. The van der Waals surface area contributed by atoms with Crippen LogP contribution in [0.2, 0.25) is 0 Å². The molecule has 0 saturated carbocycles. The molecule has 0 aliphatic rings. The van der Waals surface area contributed by atoms with Gasteiger partial charge in [0.15, 0.2) is 5.82 Å². The fourth-order valence-corrected chi connectivity index (χ4v) is 2.42. The lowest BCUT2D eigenvalue weighted by atomic mass is 10.2. The van der Waals surface area contributed by atoms with Crippen molar-refractivity contribution in [3.63, 3.8) is 0 Å². The molecule has 1 N–H and O–H groups in total. The summed E-state index contributed by atoms with van der Waals surface area (Å²) in [6, 6.07) is 16.6. The summed E-state index contributed by atoms with van der Waals surface area (Å²) < 4.78 is 4.83. The van der Waals surface area contributed by atoms with E-state index in [1.165, 1.54) is 18.5 Å². The van der Waals surface area contributed by atoms with E-state index in [2.05, 4.69) is 15.3 Å². The quantitative estimate of drug-likeness (QED) is 0.522. The average molecular weight is 373 g/mol. The summed E-state index contributed by atoms with van der Waals surface area (Å²) >= 11 is 0. The third-order valence-electron chi connectivity index (χ3n) is 3.81. The van der Waals surface area contributed by atoms with Gasteiger partial charge in [-0.1, -0.05) is 42.5 Å². The van der Waals surface area contributed by atoms with Gasteiger partial charge in [-0.25, -0.2) is 14.8 Å². The number of carbonyl (C=O) groups is 2. The third-order valence-corrected chi connectivity index (χ3v) is 3.81. The van der Waals surface area contributed by atoms with Crippen molar-refractivity contribution in [2.45, 2.75) is 6.92 Å². The van der Waals surface area contributed by atoms with Crippen molar-refractivity contribution in [1.29, 1.82) is 0 Å². The zero-order valence-corrected chi connectivity index (χ0v) is 15.3. The number of ether oxygens (including phenoxy) is 1. The minimum atomic E-state index is -0.390. The first-order valence-corrected chi connectivity index (χ1v) is 8.79. The van der Waals surface area contributed by atoms with E-state index in [9.17, 15) is 9.59 Å². The lowest BCUT2D eigenvalue weighted by Gasteiger charge is -2.06. The van der Waals surface area contributed by atoms with E-state index in [1.807, 2.05) is 30.3 Å². The number of benzene rings is 2. The zero-order chi connectivity index (χ0) is 19.8.